The molecule has 0 heterocycles. The molecule has 0 bridgehead atoms. The monoisotopic (exact) mass is 273 g/mol. The van der Waals surface area contributed by atoms with E-state index in [-0.39, 0.29) is 23.1 Å². The van der Waals surface area contributed by atoms with E-state index in [0.717, 1.165) is 17.7 Å². The van der Waals surface area contributed by atoms with Gasteiger partial charge in [0.2, 0.25) is 0 Å². The van der Waals surface area contributed by atoms with Gasteiger partial charge in [0.25, 0.3) is 0 Å². The molecule has 6 heteroatoms. The van der Waals surface area contributed by atoms with Gasteiger partial charge in [-0.05, 0) is 19.1 Å². The number of nitrogens with zero attached hydrogens (tertiary/aromatic N) is 1. The van der Waals surface area contributed by atoms with Crippen LogP contribution < -0.4 is 11.1 Å². The van der Waals surface area contributed by atoms with Crippen molar-refractivity contribution in [2.24, 2.45) is 10.7 Å². The largest absolute Gasteiger partial charge is 0.370 e. The number of halogens is 3. The number of benzene rings is 1. The number of guanidine groups is 1. The Morgan fingerprint density at radius 2 is 2.11 bits per heavy atom. The number of aliphatic imine (C=N–C) groups is 1. The van der Waals surface area contributed by atoms with Crippen molar-refractivity contribution in [3.05, 3.63) is 46.5 Å². The van der Waals surface area contributed by atoms with E-state index in [1.165, 1.54) is 0 Å². The molecule has 1 aromatic carbocycles. The Bertz CT molecular complexity index is 486. The lowest BCUT2D eigenvalue weighted by Crippen LogP contribution is -2.32. The first-order valence-corrected chi connectivity index (χ1v) is 5.59. The van der Waals surface area contributed by atoms with Gasteiger partial charge in [0, 0.05) is 12.1 Å². The average Bonchev–Trinajstić information content (AvgIpc) is 2.29. The third-order valence-electron chi connectivity index (χ3n) is 2.08. The summed E-state index contributed by atoms with van der Waals surface area (Å²) in [5, 5.41) is 2.53. The first-order valence-electron chi connectivity index (χ1n) is 5.21. The van der Waals surface area contributed by atoms with Crippen LogP contribution in [-0.2, 0) is 6.54 Å². The molecule has 3 N–H and O–H groups in total. The van der Waals surface area contributed by atoms with Crippen LogP contribution >= 0.6 is 11.6 Å². The van der Waals surface area contributed by atoms with Crippen LogP contribution in [0.5, 0.6) is 0 Å². The highest BCUT2D eigenvalue weighted by atomic mass is 35.5. The summed E-state index contributed by atoms with van der Waals surface area (Å²) in [4.78, 5) is 3.89. The summed E-state index contributed by atoms with van der Waals surface area (Å²) in [5.74, 6) is -1.15. The number of nitrogens with one attached hydrogen (secondary N) is 1. The molecule has 18 heavy (non-hydrogen) atoms. The molecule has 0 aliphatic heterocycles. The maximum atomic E-state index is 13.4. The first kappa shape index (κ1) is 14.4. The summed E-state index contributed by atoms with van der Waals surface area (Å²) in [6, 6.07) is 1.92. The Hall–Kier alpha value is -1.62. The van der Waals surface area contributed by atoms with Crippen molar-refractivity contribution in [3.8, 4) is 0 Å². The van der Waals surface area contributed by atoms with Crippen molar-refractivity contribution < 1.29 is 8.78 Å². The van der Waals surface area contributed by atoms with Crippen molar-refractivity contribution in [1.29, 1.82) is 0 Å². The van der Waals surface area contributed by atoms with Crippen LogP contribution in [0, 0.1) is 11.6 Å². The zero-order chi connectivity index (χ0) is 13.7. The topological polar surface area (TPSA) is 50.4 Å². The Balaban J connectivity index is 2.70. The number of rotatable bonds is 4. The predicted molar refractivity (Wildman–Crippen MR) is 69.5 cm³/mol. The lowest BCUT2D eigenvalue weighted by Gasteiger charge is -2.06. The molecule has 0 aromatic heterocycles. The van der Waals surface area contributed by atoms with Crippen molar-refractivity contribution in [1.82, 2.24) is 5.32 Å². The fraction of sp³-hybridized carbons (Fsp3) is 0.250. The Kier molecular flexibility index (Phi) is 5.09. The van der Waals surface area contributed by atoms with Crippen molar-refractivity contribution in [3.63, 3.8) is 0 Å². The quantitative estimate of drug-likeness (QED) is 0.383. The third kappa shape index (κ3) is 4.33. The molecule has 1 aromatic rings. The van der Waals surface area contributed by atoms with E-state index in [4.69, 9.17) is 17.3 Å². The maximum Gasteiger partial charge on any atom is 0.189 e. The molecule has 1 rings (SSSR count). The van der Waals surface area contributed by atoms with Gasteiger partial charge in [-0.15, -0.1) is 0 Å². The second kappa shape index (κ2) is 6.35. The molecular weight excluding hydrogens is 260 g/mol. The third-order valence-corrected chi connectivity index (χ3v) is 2.37. The standard InChI is InChI=1S/C12H14ClF2N3/c1-7(2)5-17-12(16)18-6-8-3-11(15)9(13)4-10(8)14/h3-4H,1,5-6H2,2H3,(H3,16,17,18). The molecule has 0 fully saturated rings. The highest BCUT2D eigenvalue weighted by Gasteiger charge is 2.08. The second-order valence-corrected chi connectivity index (χ2v) is 4.28. The second-order valence-electron chi connectivity index (χ2n) is 3.87. The Labute approximate surface area is 109 Å². The zero-order valence-electron chi connectivity index (χ0n) is 9.93. The molecule has 0 saturated heterocycles. The highest BCUT2D eigenvalue weighted by Crippen LogP contribution is 2.19. The smallest absolute Gasteiger partial charge is 0.189 e. The van der Waals surface area contributed by atoms with E-state index < -0.39 is 11.6 Å². The molecule has 0 radical (unpaired) electrons. The van der Waals surface area contributed by atoms with Crippen LogP contribution in [0.3, 0.4) is 0 Å². The molecule has 0 aliphatic rings. The number of hydrogen-bond acceptors (Lipinski definition) is 1. The lowest BCUT2D eigenvalue weighted by molar-refractivity contribution is 0.586. The summed E-state index contributed by atoms with van der Waals surface area (Å²) in [5.41, 5.74) is 6.52. The minimum Gasteiger partial charge on any atom is -0.370 e. The summed E-state index contributed by atoms with van der Waals surface area (Å²) >= 11 is 5.44. The lowest BCUT2D eigenvalue weighted by atomic mass is 10.2. The van der Waals surface area contributed by atoms with Gasteiger partial charge in [-0.25, -0.2) is 13.8 Å². The normalized spacial score (nSPS) is 11.4. The van der Waals surface area contributed by atoms with E-state index >= 15 is 0 Å². The van der Waals surface area contributed by atoms with Crippen LogP contribution in [0.4, 0.5) is 8.78 Å². The summed E-state index contributed by atoms with van der Waals surface area (Å²) in [6.45, 7) is 5.93. The number of hydrogen-bond donors (Lipinski definition) is 2. The van der Waals surface area contributed by atoms with Crippen LogP contribution in [0.25, 0.3) is 0 Å². The molecule has 0 amide bonds. The molecule has 0 aliphatic carbocycles. The predicted octanol–water partition coefficient (Wildman–Crippen LogP) is 2.60. The molecule has 98 valence electrons. The Morgan fingerprint density at radius 1 is 1.44 bits per heavy atom. The van der Waals surface area contributed by atoms with Gasteiger partial charge in [0.15, 0.2) is 5.96 Å². The van der Waals surface area contributed by atoms with Crippen LogP contribution in [0.2, 0.25) is 5.02 Å². The highest BCUT2D eigenvalue weighted by molar-refractivity contribution is 6.30. The average molecular weight is 274 g/mol. The summed E-state index contributed by atoms with van der Waals surface area (Å²) < 4.78 is 26.5. The van der Waals surface area contributed by atoms with Gasteiger partial charge >= 0.3 is 0 Å². The van der Waals surface area contributed by atoms with E-state index in [1.54, 1.807) is 0 Å². The first-order chi connectivity index (χ1) is 8.40. The van der Waals surface area contributed by atoms with Gasteiger partial charge in [-0.1, -0.05) is 23.8 Å². The van der Waals surface area contributed by atoms with Gasteiger partial charge in [0.1, 0.15) is 11.6 Å². The zero-order valence-corrected chi connectivity index (χ0v) is 10.7. The SMILES string of the molecule is C=C(C)CNC(N)=NCc1cc(F)c(Cl)cc1F. The van der Waals surface area contributed by atoms with Gasteiger partial charge < -0.3 is 11.1 Å². The summed E-state index contributed by atoms with van der Waals surface area (Å²) in [6.07, 6.45) is 0. The van der Waals surface area contributed by atoms with Gasteiger partial charge in [0.05, 0.1) is 11.6 Å². The minimum atomic E-state index is -0.684. The van der Waals surface area contributed by atoms with Crippen LogP contribution in [0.1, 0.15) is 12.5 Å². The minimum absolute atomic E-state index is 0.0606. The maximum absolute atomic E-state index is 13.4. The van der Waals surface area contributed by atoms with Crippen LogP contribution in [0.15, 0.2) is 29.3 Å². The fourth-order valence-corrected chi connectivity index (χ4v) is 1.30. The van der Waals surface area contributed by atoms with Crippen molar-refractivity contribution in [2.75, 3.05) is 6.54 Å². The van der Waals surface area contributed by atoms with Crippen molar-refractivity contribution >= 4 is 17.6 Å². The van der Waals surface area contributed by atoms with Crippen molar-refractivity contribution in [2.45, 2.75) is 13.5 Å². The Morgan fingerprint density at radius 3 is 2.72 bits per heavy atom. The molecular formula is C12H14ClF2N3. The van der Waals surface area contributed by atoms with E-state index in [0.29, 0.717) is 6.54 Å². The van der Waals surface area contributed by atoms with E-state index in [1.807, 2.05) is 6.92 Å². The van der Waals surface area contributed by atoms with Gasteiger partial charge in [-0.2, -0.15) is 0 Å². The number of nitrogens with two attached hydrogens (primary N) is 1. The molecule has 0 saturated carbocycles. The van der Waals surface area contributed by atoms with E-state index in [9.17, 15) is 8.78 Å². The summed E-state index contributed by atoms with van der Waals surface area (Å²) in [7, 11) is 0. The van der Waals surface area contributed by atoms with Crippen LogP contribution in [-0.4, -0.2) is 12.5 Å². The fourth-order valence-electron chi connectivity index (χ4n) is 1.15. The van der Waals surface area contributed by atoms with Gasteiger partial charge in [-0.3, -0.25) is 0 Å². The molecule has 0 unspecified atom stereocenters. The molecule has 0 spiro atoms. The molecule has 3 nitrogen and oxygen atoms in total. The van der Waals surface area contributed by atoms with E-state index in [2.05, 4.69) is 16.9 Å². The molecule has 0 atom stereocenters.